The molecule has 3 rings (SSSR count). The highest BCUT2D eigenvalue weighted by atomic mass is 15.4. The predicted octanol–water partition coefficient (Wildman–Crippen LogP) is 2.70. The van der Waals surface area contributed by atoms with Gasteiger partial charge < -0.3 is 5.32 Å². The molecule has 0 aliphatic carbocycles. The zero-order valence-electron chi connectivity index (χ0n) is 12.5. The van der Waals surface area contributed by atoms with Crippen molar-refractivity contribution in [2.75, 3.05) is 0 Å². The van der Waals surface area contributed by atoms with Crippen molar-refractivity contribution in [1.82, 2.24) is 25.3 Å². The second-order valence-electron chi connectivity index (χ2n) is 6.10. The smallest absolute Gasteiger partial charge is 0.113 e. The van der Waals surface area contributed by atoms with E-state index in [1.54, 1.807) is 0 Å². The minimum absolute atomic E-state index is 0.0671. The first-order chi connectivity index (χ1) is 10.0. The molecule has 0 amide bonds. The fraction of sp³-hybridized carbons (Fsp3) is 0.312. The molecule has 2 aromatic heterocycles. The van der Waals surface area contributed by atoms with E-state index in [-0.39, 0.29) is 5.54 Å². The fourth-order valence-corrected chi connectivity index (χ4v) is 2.11. The summed E-state index contributed by atoms with van der Waals surface area (Å²) in [7, 11) is 0. The SMILES string of the molecule is CC(C)(C)NCc1cc(-n2nnc3ccccc32)ccn1. The van der Waals surface area contributed by atoms with Crippen LogP contribution < -0.4 is 5.32 Å². The monoisotopic (exact) mass is 281 g/mol. The van der Waals surface area contributed by atoms with Crippen LogP contribution in [0.5, 0.6) is 0 Å². The molecule has 0 bridgehead atoms. The van der Waals surface area contributed by atoms with Crippen molar-refractivity contribution in [2.45, 2.75) is 32.9 Å². The number of pyridine rings is 1. The number of para-hydroxylation sites is 1. The fourth-order valence-electron chi connectivity index (χ4n) is 2.11. The Morgan fingerprint density at radius 1 is 1.14 bits per heavy atom. The summed E-state index contributed by atoms with van der Waals surface area (Å²) in [6, 6.07) is 11.9. The second kappa shape index (κ2) is 5.26. The Balaban J connectivity index is 1.92. The number of benzene rings is 1. The van der Waals surface area contributed by atoms with Gasteiger partial charge in [0.25, 0.3) is 0 Å². The quantitative estimate of drug-likeness (QED) is 0.802. The molecule has 3 aromatic rings. The zero-order chi connectivity index (χ0) is 14.9. The maximum absolute atomic E-state index is 4.41. The van der Waals surface area contributed by atoms with Crippen LogP contribution >= 0.6 is 0 Å². The maximum Gasteiger partial charge on any atom is 0.113 e. The summed E-state index contributed by atoms with van der Waals surface area (Å²) in [5.41, 5.74) is 3.92. The summed E-state index contributed by atoms with van der Waals surface area (Å²) < 4.78 is 1.84. The summed E-state index contributed by atoms with van der Waals surface area (Å²) in [4.78, 5) is 4.41. The van der Waals surface area contributed by atoms with Crippen molar-refractivity contribution < 1.29 is 0 Å². The van der Waals surface area contributed by atoms with Gasteiger partial charge in [0.15, 0.2) is 0 Å². The maximum atomic E-state index is 4.41. The van der Waals surface area contributed by atoms with Gasteiger partial charge in [-0.3, -0.25) is 4.98 Å². The lowest BCUT2D eigenvalue weighted by Gasteiger charge is -2.20. The van der Waals surface area contributed by atoms with Crippen molar-refractivity contribution in [3.05, 3.63) is 48.3 Å². The first-order valence-electron chi connectivity index (χ1n) is 7.04. The van der Waals surface area contributed by atoms with Gasteiger partial charge in [0, 0.05) is 18.3 Å². The molecule has 21 heavy (non-hydrogen) atoms. The van der Waals surface area contributed by atoms with Crippen LogP contribution in [0.25, 0.3) is 16.7 Å². The normalized spacial score (nSPS) is 12.0. The molecule has 0 radical (unpaired) electrons. The van der Waals surface area contributed by atoms with E-state index in [4.69, 9.17) is 0 Å². The van der Waals surface area contributed by atoms with Crippen molar-refractivity contribution in [3.8, 4) is 5.69 Å². The number of nitrogens with zero attached hydrogens (tertiary/aromatic N) is 4. The van der Waals surface area contributed by atoms with Gasteiger partial charge in [-0.15, -0.1) is 5.10 Å². The molecule has 5 nitrogen and oxygen atoms in total. The van der Waals surface area contributed by atoms with E-state index in [1.165, 1.54) is 0 Å². The molecule has 0 fully saturated rings. The average Bonchev–Trinajstić information content (AvgIpc) is 2.89. The number of aromatic nitrogens is 4. The Morgan fingerprint density at radius 3 is 2.76 bits per heavy atom. The van der Waals surface area contributed by atoms with E-state index in [0.29, 0.717) is 0 Å². The van der Waals surface area contributed by atoms with E-state index in [0.717, 1.165) is 29.0 Å². The number of nitrogens with one attached hydrogen (secondary N) is 1. The van der Waals surface area contributed by atoms with Crippen LogP contribution in [0, 0.1) is 0 Å². The van der Waals surface area contributed by atoms with Crippen molar-refractivity contribution in [3.63, 3.8) is 0 Å². The van der Waals surface area contributed by atoms with Crippen LogP contribution in [-0.4, -0.2) is 25.5 Å². The number of hydrogen-bond donors (Lipinski definition) is 1. The van der Waals surface area contributed by atoms with Gasteiger partial charge in [0.2, 0.25) is 0 Å². The summed E-state index contributed by atoms with van der Waals surface area (Å²) in [5.74, 6) is 0. The minimum atomic E-state index is 0.0671. The van der Waals surface area contributed by atoms with Crippen LogP contribution in [0.15, 0.2) is 42.6 Å². The number of hydrogen-bond acceptors (Lipinski definition) is 4. The third-order valence-corrected chi connectivity index (χ3v) is 3.20. The first-order valence-corrected chi connectivity index (χ1v) is 7.04. The molecule has 0 saturated heterocycles. The zero-order valence-corrected chi connectivity index (χ0v) is 12.5. The Kier molecular flexibility index (Phi) is 3.43. The van der Waals surface area contributed by atoms with Crippen molar-refractivity contribution in [1.29, 1.82) is 0 Å². The molecule has 1 aromatic carbocycles. The van der Waals surface area contributed by atoms with Gasteiger partial charge in [-0.05, 0) is 45.0 Å². The molecular formula is C16H19N5. The highest BCUT2D eigenvalue weighted by Crippen LogP contribution is 2.16. The van der Waals surface area contributed by atoms with Crippen LogP contribution in [0.2, 0.25) is 0 Å². The molecule has 0 saturated carbocycles. The van der Waals surface area contributed by atoms with Crippen LogP contribution in [0.4, 0.5) is 0 Å². The van der Waals surface area contributed by atoms with E-state index >= 15 is 0 Å². The van der Waals surface area contributed by atoms with Crippen molar-refractivity contribution in [2.24, 2.45) is 0 Å². The Bertz CT molecular complexity index is 754. The molecular weight excluding hydrogens is 262 g/mol. The lowest BCUT2D eigenvalue weighted by Crippen LogP contribution is -2.35. The molecule has 0 unspecified atom stereocenters. The highest BCUT2D eigenvalue weighted by Gasteiger charge is 2.10. The summed E-state index contributed by atoms with van der Waals surface area (Å²) in [5, 5.41) is 11.9. The minimum Gasteiger partial charge on any atom is -0.306 e. The Hall–Kier alpha value is -2.27. The van der Waals surface area contributed by atoms with Gasteiger partial charge in [0.05, 0.1) is 16.9 Å². The van der Waals surface area contributed by atoms with Gasteiger partial charge >= 0.3 is 0 Å². The number of fused-ring (bicyclic) bond motifs is 1. The van der Waals surface area contributed by atoms with Crippen LogP contribution in [0.3, 0.4) is 0 Å². The molecule has 0 spiro atoms. The lowest BCUT2D eigenvalue weighted by molar-refractivity contribution is 0.421. The summed E-state index contributed by atoms with van der Waals surface area (Å²) in [6.45, 7) is 7.15. The third-order valence-electron chi connectivity index (χ3n) is 3.20. The van der Waals surface area contributed by atoms with E-state index in [1.807, 2.05) is 47.3 Å². The van der Waals surface area contributed by atoms with E-state index in [9.17, 15) is 0 Å². The third kappa shape index (κ3) is 3.08. The Morgan fingerprint density at radius 2 is 1.95 bits per heavy atom. The van der Waals surface area contributed by atoms with Gasteiger partial charge in [-0.1, -0.05) is 17.3 Å². The molecule has 0 aliphatic heterocycles. The molecule has 2 heterocycles. The summed E-state index contributed by atoms with van der Waals surface area (Å²) in [6.07, 6.45) is 1.81. The Labute approximate surface area is 124 Å². The highest BCUT2D eigenvalue weighted by molar-refractivity contribution is 5.75. The number of rotatable bonds is 3. The van der Waals surface area contributed by atoms with Gasteiger partial charge in [-0.2, -0.15) is 0 Å². The standard InChI is InChI=1S/C16H19N5/c1-16(2,3)18-11-12-10-13(8-9-17-12)21-15-7-5-4-6-14(15)19-20-21/h4-10,18H,11H2,1-3H3. The second-order valence-corrected chi connectivity index (χ2v) is 6.10. The van der Waals surface area contributed by atoms with Crippen LogP contribution in [0.1, 0.15) is 26.5 Å². The largest absolute Gasteiger partial charge is 0.306 e. The van der Waals surface area contributed by atoms with E-state index in [2.05, 4.69) is 41.4 Å². The molecule has 108 valence electrons. The molecule has 0 atom stereocenters. The average molecular weight is 281 g/mol. The van der Waals surface area contributed by atoms with Crippen LogP contribution in [-0.2, 0) is 6.54 Å². The van der Waals surface area contributed by atoms with Gasteiger partial charge in [0.1, 0.15) is 5.52 Å². The molecule has 1 N–H and O–H groups in total. The summed E-state index contributed by atoms with van der Waals surface area (Å²) >= 11 is 0. The van der Waals surface area contributed by atoms with Gasteiger partial charge in [-0.25, -0.2) is 4.68 Å². The topological polar surface area (TPSA) is 55.6 Å². The molecule has 0 aliphatic rings. The van der Waals surface area contributed by atoms with E-state index < -0.39 is 0 Å². The predicted molar refractivity (Wildman–Crippen MR) is 83.3 cm³/mol. The lowest BCUT2D eigenvalue weighted by atomic mass is 10.1. The van der Waals surface area contributed by atoms with Crippen molar-refractivity contribution >= 4 is 11.0 Å². The first kappa shape index (κ1) is 13.7. The molecule has 5 heteroatoms.